The molecule has 36 heavy (non-hydrogen) atoms. The minimum Gasteiger partial charge on any atom is -0.484 e. The molecule has 0 unspecified atom stereocenters. The molecule has 2 fully saturated rings. The van der Waals surface area contributed by atoms with Crippen LogP contribution in [0.15, 0.2) is 60.7 Å². The molecule has 2 aliphatic heterocycles. The Morgan fingerprint density at radius 1 is 0.889 bits per heavy atom. The number of nitro benzene ring substituents is 1. The van der Waals surface area contributed by atoms with Crippen LogP contribution in [0.25, 0.3) is 10.8 Å². The number of carbonyl (C=O) groups is 1. The standard InChI is InChI=1S/C27H31N5O4/c1-28-11-13-30(14-12-28)26-4-2-3-21-5-10-24(19-25(21)26)36-20-27(33)31-17-15-29(16-18-31)22-6-8-23(9-7-22)32(34)35/h2-10,19H,11-18,20H2,1H3. The van der Waals surface area contributed by atoms with Crippen molar-refractivity contribution in [2.45, 2.75) is 0 Å². The van der Waals surface area contributed by atoms with Gasteiger partial charge in [0.1, 0.15) is 5.75 Å². The Bertz CT molecular complexity index is 1230. The summed E-state index contributed by atoms with van der Waals surface area (Å²) < 4.78 is 5.94. The lowest BCUT2D eigenvalue weighted by molar-refractivity contribution is -0.384. The number of ether oxygens (including phenoxy) is 1. The van der Waals surface area contributed by atoms with Gasteiger partial charge in [0, 0.05) is 81.3 Å². The fourth-order valence-electron chi connectivity index (χ4n) is 4.88. The molecule has 9 nitrogen and oxygen atoms in total. The Kier molecular flexibility index (Phi) is 6.90. The number of rotatable bonds is 6. The van der Waals surface area contributed by atoms with Crippen LogP contribution in [-0.2, 0) is 4.79 Å². The molecule has 0 aliphatic carbocycles. The number of piperazine rings is 2. The Morgan fingerprint density at radius 2 is 1.58 bits per heavy atom. The number of non-ortho nitro benzene ring substituents is 1. The lowest BCUT2D eigenvalue weighted by Gasteiger charge is -2.36. The Hall–Kier alpha value is -3.85. The van der Waals surface area contributed by atoms with Crippen LogP contribution >= 0.6 is 0 Å². The number of anilines is 2. The molecule has 2 aliphatic rings. The monoisotopic (exact) mass is 489 g/mol. The molecule has 0 N–H and O–H groups in total. The number of fused-ring (bicyclic) bond motifs is 1. The second-order valence-electron chi connectivity index (χ2n) is 9.38. The molecule has 9 heteroatoms. The van der Waals surface area contributed by atoms with Crippen molar-refractivity contribution in [1.29, 1.82) is 0 Å². The fourth-order valence-corrected chi connectivity index (χ4v) is 4.88. The van der Waals surface area contributed by atoms with Gasteiger partial charge in [0.05, 0.1) is 4.92 Å². The lowest BCUT2D eigenvalue weighted by Crippen LogP contribution is -2.50. The highest BCUT2D eigenvalue weighted by molar-refractivity contribution is 5.95. The summed E-state index contributed by atoms with van der Waals surface area (Å²) >= 11 is 0. The molecule has 2 heterocycles. The number of benzene rings is 3. The van der Waals surface area contributed by atoms with Crippen molar-refractivity contribution in [3.8, 4) is 5.75 Å². The van der Waals surface area contributed by atoms with Gasteiger partial charge in [0.15, 0.2) is 6.61 Å². The maximum Gasteiger partial charge on any atom is 0.269 e. The second-order valence-corrected chi connectivity index (χ2v) is 9.38. The fraction of sp³-hybridized carbons (Fsp3) is 0.370. The van der Waals surface area contributed by atoms with Gasteiger partial charge in [0.25, 0.3) is 11.6 Å². The van der Waals surface area contributed by atoms with E-state index in [1.807, 2.05) is 17.0 Å². The van der Waals surface area contributed by atoms with Crippen molar-refractivity contribution in [2.24, 2.45) is 0 Å². The molecule has 2 saturated heterocycles. The zero-order valence-electron chi connectivity index (χ0n) is 20.5. The van der Waals surface area contributed by atoms with E-state index in [9.17, 15) is 14.9 Å². The quantitative estimate of drug-likeness (QED) is 0.388. The average molecular weight is 490 g/mol. The third kappa shape index (κ3) is 5.21. The summed E-state index contributed by atoms with van der Waals surface area (Å²) in [6.45, 7) is 6.59. The molecule has 0 bridgehead atoms. The molecular formula is C27H31N5O4. The first-order valence-corrected chi connectivity index (χ1v) is 12.3. The van der Waals surface area contributed by atoms with Gasteiger partial charge in [-0.25, -0.2) is 0 Å². The first-order chi connectivity index (χ1) is 17.5. The van der Waals surface area contributed by atoms with Gasteiger partial charge in [-0.2, -0.15) is 0 Å². The smallest absolute Gasteiger partial charge is 0.269 e. The van der Waals surface area contributed by atoms with Crippen molar-refractivity contribution in [3.63, 3.8) is 0 Å². The van der Waals surface area contributed by atoms with E-state index in [0.29, 0.717) is 31.9 Å². The van der Waals surface area contributed by atoms with Crippen LogP contribution < -0.4 is 14.5 Å². The predicted molar refractivity (Wildman–Crippen MR) is 141 cm³/mol. The van der Waals surface area contributed by atoms with Gasteiger partial charge in [-0.1, -0.05) is 18.2 Å². The zero-order chi connectivity index (χ0) is 25.1. The van der Waals surface area contributed by atoms with E-state index in [0.717, 1.165) is 42.6 Å². The van der Waals surface area contributed by atoms with E-state index in [2.05, 4.69) is 46.0 Å². The maximum atomic E-state index is 12.8. The molecule has 0 atom stereocenters. The molecule has 3 aromatic rings. The lowest BCUT2D eigenvalue weighted by atomic mass is 10.1. The number of hydrogen-bond acceptors (Lipinski definition) is 7. The highest BCUT2D eigenvalue weighted by atomic mass is 16.6. The van der Waals surface area contributed by atoms with Crippen molar-refractivity contribution in [2.75, 3.05) is 75.8 Å². The van der Waals surface area contributed by atoms with E-state index in [1.54, 1.807) is 12.1 Å². The molecule has 0 radical (unpaired) electrons. The maximum absolute atomic E-state index is 12.8. The van der Waals surface area contributed by atoms with Crippen LogP contribution in [0.1, 0.15) is 0 Å². The van der Waals surface area contributed by atoms with Crippen molar-refractivity contribution >= 4 is 33.7 Å². The van der Waals surface area contributed by atoms with Gasteiger partial charge in [-0.15, -0.1) is 0 Å². The minimum atomic E-state index is -0.400. The number of likely N-dealkylation sites (N-methyl/N-ethyl adjacent to an activating group) is 1. The van der Waals surface area contributed by atoms with Gasteiger partial charge in [-0.05, 0) is 42.8 Å². The normalized spacial score (nSPS) is 16.9. The third-order valence-corrected chi connectivity index (χ3v) is 7.09. The number of nitro groups is 1. The molecule has 0 aromatic heterocycles. The Morgan fingerprint density at radius 3 is 2.28 bits per heavy atom. The molecule has 0 spiro atoms. The number of nitrogens with zero attached hydrogens (tertiary/aromatic N) is 5. The number of hydrogen-bond donors (Lipinski definition) is 0. The molecule has 3 aromatic carbocycles. The summed E-state index contributed by atoms with van der Waals surface area (Å²) in [6, 6.07) is 18.9. The van der Waals surface area contributed by atoms with Crippen molar-refractivity contribution in [1.82, 2.24) is 9.80 Å². The van der Waals surface area contributed by atoms with E-state index in [-0.39, 0.29) is 18.2 Å². The van der Waals surface area contributed by atoms with Crippen LogP contribution in [0, 0.1) is 10.1 Å². The van der Waals surface area contributed by atoms with Gasteiger partial charge >= 0.3 is 0 Å². The summed E-state index contributed by atoms with van der Waals surface area (Å²) in [6.07, 6.45) is 0. The second kappa shape index (κ2) is 10.4. The van der Waals surface area contributed by atoms with Crippen molar-refractivity contribution in [3.05, 3.63) is 70.8 Å². The molecule has 0 saturated carbocycles. The minimum absolute atomic E-state index is 0.000283. The first kappa shape index (κ1) is 23.9. The summed E-state index contributed by atoms with van der Waals surface area (Å²) in [4.78, 5) is 32.0. The van der Waals surface area contributed by atoms with Crippen LogP contribution in [0.2, 0.25) is 0 Å². The largest absolute Gasteiger partial charge is 0.484 e. The summed E-state index contributed by atoms with van der Waals surface area (Å²) in [5.41, 5.74) is 2.21. The predicted octanol–water partition coefficient (Wildman–Crippen LogP) is 3.23. The molecule has 1 amide bonds. The Balaban J connectivity index is 1.18. The van der Waals surface area contributed by atoms with Gasteiger partial charge < -0.3 is 24.3 Å². The van der Waals surface area contributed by atoms with Crippen molar-refractivity contribution < 1.29 is 14.5 Å². The summed E-state index contributed by atoms with van der Waals surface area (Å²) in [5, 5.41) is 13.2. The summed E-state index contributed by atoms with van der Waals surface area (Å²) in [7, 11) is 2.15. The topological polar surface area (TPSA) is 82.4 Å². The average Bonchev–Trinajstić information content (AvgIpc) is 2.92. The van der Waals surface area contributed by atoms with E-state index >= 15 is 0 Å². The number of amides is 1. The van der Waals surface area contributed by atoms with E-state index in [1.165, 1.54) is 17.8 Å². The molecule has 188 valence electrons. The molecular weight excluding hydrogens is 458 g/mol. The Labute approximate surface area is 210 Å². The highest BCUT2D eigenvalue weighted by Crippen LogP contribution is 2.31. The van der Waals surface area contributed by atoms with Gasteiger partial charge in [0.2, 0.25) is 0 Å². The van der Waals surface area contributed by atoms with E-state index in [4.69, 9.17) is 4.74 Å². The highest BCUT2D eigenvalue weighted by Gasteiger charge is 2.22. The summed E-state index contributed by atoms with van der Waals surface area (Å²) in [5.74, 6) is 0.660. The third-order valence-electron chi connectivity index (χ3n) is 7.09. The van der Waals surface area contributed by atoms with Gasteiger partial charge in [-0.3, -0.25) is 14.9 Å². The SMILES string of the molecule is CN1CCN(c2cccc3ccc(OCC(=O)N4CCN(c5ccc([N+](=O)[O-])cc5)CC4)cc23)CC1. The molecule has 5 rings (SSSR count). The zero-order valence-corrected chi connectivity index (χ0v) is 20.5. The van der Waals surface area contributed by atoms with Crippen LogP contribution in [0.3, 0.4) is 0 Å². The van der Waals surface area contributed by atoms with Crippen LogP contribution in [0.4, 0.5) is 17.1 Å². The number of carbonyl (C=O) groups excluding carboxylic acids is 1. The van der Waals surface area contributed by atoms with Crippen LogP contribution in [-0.4, -0.2) is 86.6 Å². The first-order valence-electron chi connectivity index (χ1n) is 12.3. The van der Waals surface area contributed by atoms with Crippen LogP contribution in [0.5, 0.6) is 5.75 Å². The van der Waals surface area contributed by atoms with E-state index < -0.39 is 4.92 Å².